The van der Waals surface area contributed by atoms with E-state index in [9.17, 15) is 19.5 Å². The topological polar surface area (TPSA) is 95.9 Å². The molecule has 0 saturated heterocycles. The van der Waals surface area contributed by atoms with Gasteiger partial charge in [-0.3, -0.25) is 14.4 Å². The smallest absolute Gasteiger partial charge is 0.303 e. The van der Waals surface area contributed by atoms with Crippen LogP contribution in [0.3, 0.4) is 0 Å². The maximum atomic E-state index is 13.5. The number of carboxylic acids is 1. The summed E-state index contributed by atoms with van der Waals surface area (Å²) in [5.74, 6) is -0.504. The Bertz CT molecular complexity index is 1180. The van der Waals surface area contributed by atoms with Crippen LogP contribution in [-0.4, -0.2) is 29.4 Å². The predicted octanol–water partition coefficient (Wildman–Crippen LogP) is 4.83. The number of carbonyl (C=O) groups excluding carboxylic acids is 2. The number of amides is 2. The van der Waals surface area contributed by atoms with E-state index < -0.39 is 5.97 Å². The monoisotopic (exact) mass is 458 g/mol. The van der Waals surface area contributed by atoms with E-state index in [2.05, 4.69) is 5.32 Å². The molecular formula is C27H26N2O5. The number of hydrogen-bond donors (Lipinski definition) is 2. The van der Waals surface area contributed by atoms with Gasteiger partial charge in [-0.15, -0.1) is 0 Å². The van der Waals surface area contributed by atoms with Crippen molar-refractivity contribution in [3.05, 3.63) is 89.5 Å². The minimum atomic E-state index is -0.867. The molecule has 174 valence electrons. The molecule has 1 aliphatic rings. The third-order valence-corrected chi connectivity index (χ3v) is 6.14. The van der Waals surface area contributed by atoms with Crippen molar-refractivity contribution in [2.75, 3.05) is 10.2 Å². The molecule has 0 saturated carbocycles. The van der Waals surface area contributed by atoms with Crippen molar-refractivity contribution in [2.24, 2.45) is 0 Å². The van der Waals surface area contributed by atoms with Gasteiger partial charge in [-0.05, 0) is 66.9 Å². The van der Waals surface area contributed by atoms with Gasteiger partial charge >= 0.3 is 5.97 Å². The fraction of sp³-hybridized carbons (Fsp3) is 0.222. The van der Waals surface area contributed by atoms with Gasteiger partial charge in [0.15, 0.2) is 0 Å². The molecule has 0 aliphatic carbocycles. The Hall–Kier alpha value is -4.13. The van der Waals surface area contributed by atoms with Crippen LogP contribution >= 0.6 is 0 Å². The van der Waals surface area contributed by atoms with Gasteiger partial charge in [0.1, 0.15) is 12.4 Å². The summed E-state index contributed by atoms with van der Waals surface area (Å²) in [6.07, 6.45) is 1.01. The second kappa shape index (κ2) is 10.2. The SMILES string of the molecule is C[C@@H]1[C@@H](CCC(=O)O)c2cc(OCc3ccccc3)ccc2N1C(=O)c1ccc(NC=O)cc1. The lowest BCUT2D eigenvalue weighted by Gasteiger charge is -2.25. The molecule has 2 atom stereocenters. The molecule has 3 aromatic rings. The summed E-state index contributed by atoms with van der Waals surface area (Å²) < 4.78 is 5.99. The number of anilines is 2. The first kappa shape index (κ1) is 23.0. The average molecular weight is 459 g/mol. The Labute approximate surface area is 198 Å². The van der Waals surface area contributed by atoms with Gasteiger partial charge in [-0.1, -0.05) is 30.3 Å². The normalized spacial score (nSPS) is 16.6. The third kappa shape index (κ3) is 4.93. The molecule has 2 amide bonds. The van der Waals surface area contributed by atoms with Crippen LogP contribution < -0.4 is 15.0 Å². The van der Waals surface area contributed by atoms with Gasteiger partial charge in [0.25, 0.3) is 5.91 Å². The summed E-state index contributed by atoms with van der Waals surface area (Å²) in [6, 6.07) is 21.9. The van der Waals surface area contributed by atoms with Crippen LogP contribution in [0.4, 0.5) is 11.4 Å². The third-order valence-electron chi connectivity index (χ3n) is 6.14. The van der Waals surface area contributed by atoms with E-state index in [1.165, 1.54) is 0 Å². The molecular weight excluding hydrogens is 432 g/mol. The fourth-order valence-corrected chi connectivity index (χ4v) is 4.43. The van der Waals surface area contributed by atoms with Gasteiger partial charge in [-0.2, -0.15) is 0 Å². The summed E-state index contributed by atoms with van der Waals surface area (Å²) in [6.45, 7) is 2.36. The Balaban J connectivity index is 1.62. The zero-order valence-corrected chi connectivity index (χ0v) is 18.8. The summed E-state index contributed by atoms with van der Waals surface area (Å²) in [5, 5.41) is 11.8. The quantitative estimate of drug-likeness (QED) is 0.448. The number of hydrogen-bond acceptors (Lipinski definition) is 4. The van der Waals surface area contributed by atoms with Gasteiger partial charge in [-0.25, -0.2) is 0 Å². The van der Waals surface area contributed by atoms with Crippen molar-refractivity contribution >= 4 is 29.7 Å². The lowest BCUT2D eigenvalue weighted by atomic mass is 9.91. The number of nitrogens with one attached hydrogen (secondary N) is 1. The molecule has 1 heterocycles. The van der Waals surface area contributed by atoms with Crippen LogP contribution in [0.5, 0.6) is 5.75 Å². The van der Waals surface area contributed by atoms with E-state index in [1.54, 1.807) is 29.2 Å². The zero-order chi connectivity index (χ0) is 24.1. The Morgan fingerprint density at radius 1 is 1.06 bits per heavy atom. The van der Waals surface area contributed by atoms with Crippen molar-refractivity contribution < 1.29 is 24.2 Å². The molecule has 2 N–H and O–H groups in total. The highest BCUT2D eigenvalue weighted by Gasteiger charge is 2.39. The van der Waals surface area contributed by atoms with E-state index in [0.717, 1.165) is 16.8 Å². The van der Waals surface area contributed by atoms with E-state index in [-0.39, 0.29) is 24.3 Å². The number of fused-ring (bicyclic) bond motifs is 1. The van der Waals surface area contributed by atoms with E-state index in [0.29, 0.717) is 36.4 Å². The lowest BCUT2D eigenvalue weighted by molar-refractivity contribution is -0.137. The molecule has 0 bridgehead atoms. The number of ether oxygens (including phenoxy) is 1. The highest BCUT2D eigenvalue weighted by molar-refractivity contribution is 6.08. The maximum absolute atomic E-state index is 13.5. The van der Waals surface area contributed by atoms with Crippen LogP contribution in [0.1, 0.15) is 47.2 Å². The molecule has 34 heavy (non-hydrogen) atoms. The first-order valence-corrected chi connectivity index (χ1v) is 11.1. The van der Waals surface area contributed by atoms with Crippen molar-refractivity contribution in [1.29, 1.82) is 0 Å². The fourth-order valence-electron chi connectivity index (χ4n) is 4.43. The molecule has 0 aromatic heterocycles. The Morgan fingerprint density at radius 2 is 1.79 bits per heavy atom. The van der Waals surface area contributed by atoms with Crippen LogP contribution in [0.15, 0.2) is 72.8 Å². The molecule has 0 spiro atoms. The van der Waals surface area contributed by atoms with Crippen molar-refractivity contribution in [3.63, 3.8) is 0 Å². The zero-order valence-electron chi connectivity index (χ0n) is 18.8. The minimum absolute atomic E-state index is 0.0115. The molecule has 0 unspecified atom stereocenters. The summed E-state index contributed by atoms with van der Waals surface area (Å²) in [7, 11) is 0. The molecule has 7 nitrogen and oxygen atoms in total. The predicted molar refractivity (Wildman–Crippen MR) is 129 cm³/mol. The molecule has 0 fully saturated rings. The van der Waals surface area contributed by atoms with E-state index in [1.807, 2.05) is 55.5 Å². The number of nitrogens with zero attached hydrogens (tertiary/aromatic N) is 1. The Morgan fingerprint density at radius 3 is 2.47 bits per heavy atom. The minimum Gasteiger partial charge on any atom is -0.489 e. The largest absolute Gasteiger partial charge is 0.489 e. The first-order valence-electron chi connectivity index (χ1n) is 11.1. The number of rotatable bonds is 9. The van der Waals surface area contributed by atoms with E-state index in [4.69, 9.17) is 4.74 Å². The summed E-state index contributed by atoms with van der Waals surface area (Å²) in [4.78, 5) is 37.1. The number of benzene rings is 3. The standard InChI is InChI=1S/C27H26N2O5/c1-18-23(12-14-26(31)32)24-15-22(34-16-19-5-3-2-4-6-19)11-13-25(24)29(18)27(33)20-7-9-21(10-8-20)28-17-30/h2-11,13,15,17-18,23H,12,14,16H2,1H3,(H,28,30)(H,31,32)/t18-,23-/m1/s1. The highest BCUT2D eigenvalue weighted by Crippen LogP contribution is 2.45. The molecule has 4 rings (SSSR count). The average Bonchev–Trinajstić information content (AvgIpc) is 3.12. The number of carboxylic acid groups (broad SMARTS) is 1. The van der Waals surface area contributed by atoms with Gasteiger partial charge < -0.3 is 20.1 Å². The van der Waals surface area contributed by atoms with Crippen molar-refractivity contribution in [3.8, 4) is 5.75 Å². The maximum Gasteiger partial charge on any atom is 0.303 e. The van der Waals surface area contributed by atoms with Gasteiger partial charge in [0.2, 0.25) is 6.41 Å². The highest BCUT2D eigenvalue weighted by atomic mass is 16.5. The molecule has 7 heteroatoms. The van der Waals surface area contributed by atoms with Gasteiger partial charge in [0.05, 0.1) is 0 Å². The van der Waals surface area contributed by atoms with Crippen molar-refractivity contribution in [1.82, 2.24) is 0 Å². The molecule has 0 radical (unpaired) electrons. The second-order valence-electron chi connectivity index (χ2n) is 8.29. The molecule has 1 aliphatic heterocycles. The van der Waals surface area contributed by atoms with Crippen molar-refractivity contribution in [2.45, 2.75) is 38.3 Å². The lowest BCUT2D eigenvalue weighted by Crippen LogP contribution is -2.37. The second-order valence-corrected chi connectivity index (χ2v) is 8.29. The summed E-state index contributed by atoms with van der Waals surface area (Å²) >= 11 is 0. The first-order chi connectivity index (χ1) is 16.5. The number of carbonyl (C=O) groups is 3. The van der Waals surface area contributed by atoms with Crippen LogP contribution in [0.25, 0.3) is 0 Å². The number of aliphatic carboxylic acids is 1. The summed E-state index contributed by atoms with van der Waals surface area (Å²) in [5.41, 5.74) is 3.79. The van der Waals surface area contributed by atoms with E-state index >= 15 is 0 Å². The Kier molecular flexibility index (Phi) is 6.92. The van der Waals surface area contributed by atoms with Crippen LogP contribution in [0, 0.1) is 0 Å². The van der Waals surface area contributed by atoms with Gasteiger partial charge in [0, 0.05) is 35.3 Å². The molecule has 3 aromatic carbocycles. The van der Waals surface area contributed by atoms with Crippen LogP contribution in [-0.2, 0) is 16.2 Å². The van der Waals surface area contributed by atoms with Crippen LogP contribution in [0.2, 0.25) is 0 Å².